The predicted octanol–water partition coefficient (Wildman–Crippen LogP) is 2.84. The lowest BCUT2D eigenvalue weighted by atomic mass is 9.84. The fourth-order valence-corrected chi connectivity index (χ4v) is 3.29. The Morgan fingerprint density at radius 3 is 2.52 bits per heavy atom. The smallest absolute Gasteiger partial charge is 0.379 e. The van der Waals surface area contributed by atoms with Crippen molar-refractivity contribution >= 4 is 5.91 Å². The van der Waals surface area contributed by atoms with Crippen LogP contribution in [0.3, 0.4) is 0 Å². The van der Waals surface area contributed by atoms with Crippen LogP contribution in [0.1, 0.15) is 36.9 Å². The van der Waals surface area contributed by atoms with E-state index in [1.807, 2.05) is 6.92 Å². The number of aromatic nitrogens is 1. The second-order valence-corrected chi connectivity index (χ2v) is 6.56. The van der Waals surface area contributed by atoms with Crippen molar-refractivity contribution in [2.75, 3.05) is 26.3 Å². The maximum Gasteiger partial charge on any atom is 0.433 e. The summed E-state index contributed by atoms with van der Waals surface area (Å²) in [6, 6.07) is 3.04. The SMILES string of the molecule is CC1(C(=O)N2CCC(c3cccnc3C(F)(F)F)CC2)COC1. The number of carbonyl (C=O) groups excluding carboxylic acids is 1. The number of hydrogen-bond acceptors (Lipinski definition) is 3. The van der Waals surface area contributed by atoms with Crippen molar-refractivity contribution in [1.29, 1.82) is 0 Å². The van der Waals surface area contributed by atoms with Gasteiger partial charge in [-0.25, -0.2) is 0 Å². The molecule has 4 nitrogen and oxygen atoms in total. The highest BCUT2D eigenvalue weighted by Crippen LogP contribution is 2.38. The molecule has 2 saturated heterocycles. The Kier molecular flexibility index (Phi) is 4.08. The first-order valence-corrected chi connectivity index (χ1v) is 7.70. The minimum atomic E-state index is -4.44. The molecule has 2 aliphatic rings. The highest BCUT2D eigenvalue weighted by molar-refractivity contribution is 5.83. The first-order valence-electron chi connectivity index (χ1n) is 7.70. The third-order valence-corrected chi connectivity index (χ3v) is 4.69. The Hall–Kier alpha value is -1.63. The Labute approximate surface area is 132 Å². The molecule has 3 rings (SSSR count). The number of alkyl halides is 3. The van der Waals surface area contributed by atoms with Crippen LogP contribution in [0, 0.1) is 5.41 Å². The molecule has 23 heavy (non-hydrogen) atoms. The average molecular weight is 328 g/mol. The van der Waals surface area contributed by atoms with Gasteiger partial charge in [0.25, 0.3) is 0 Å². The Balaban J connectivity index is 1.69. The molecule has 0 bridgehead atoms. The molecular weight excluding hydrogens is 309 g/mol. The second kappa shape index (κ2) is 5.78. The van der Waals surface area contributed by atoms with E-state index in [4.69, 9.17) is 4.74 Å². The molecule has 0 aromatic carbocycles. The van der Waals surface area contributed by atoms with Crippen molar-refractivity contribution in [3.8, 4) is 0 Å². The number of likely N-dealkylation sites (tertiary alicyclic amines) is 1. The lowest BCUT2D eigenvalue weighted by Crippen LogP contribution is -2.54. The van der Waals surface area contributed by atoms with Crippen LogP contribution in [0.2, 0.25) is 0 Å². The van der Waals surface area contributed by atoms with E-state index < -0.39 is 17.3 Å². The van der Waals surface area contributed by atoms with Crippen LogP contribution in [0.25, 0.3) is 0 Å². The van der Waals surface area contributed by atoms with Gasteiger partial charge in [0.1, 0.15) is 5.69 Å². The largest absolute Gasteiger partial charge is 0.433 e. The first kappa shape index (κ1) is 16.2. The fraction of sp³-hybridized carbons (Fsp3) is 0.625. The monoisotopic (exact) mass is 328 g/mol. The molecule has 2 aliphatic heterocycles. The summed E-state index contributed by atoms with van der Waals surface area (Å²) in [5.41, 5.74) is -1.02. The van der Waals surface area contributed by atoms with Crippen molar-refractivity contribution in [2.45, 2.75) is 31.9 Å². The van der Waals surface area contributed by atoms with E-state index in [1.54, 1.807) is 4.90 Å². The van der Waals surface area contributed by atoms with Crippen molar-refractivity contribution in [2.24, 2.45) is 5.41 Å². The third-order valence-electron chi connectivity index (χ3n) is 4.69. The molecule has 1 aromatic rings. The number of ether oxygens (including phenoxy) is 1. The van der Waals surface area contributed by atoms with E-state index in [9.17, 15) is 18.0 Å². The number of carbonyl (C=O) groups is 1. The zero-order valence-electron chi connectivity index (χ0n) is 12.9. The Bertz CT molecular complexity index is 591. The van der Waals surface area contributed by atoms with Crippen LogP contribution in [0.4, 0.5) is 13.2 Å². The average Bonchev–Trinajstić information content (AvgIpc) is 2.51. The highest BCUT2D eigenvalue weighted by atomic mass is 19.4. The van der Waals surface area contributed by atoms with Crippen LogP contribution < -0.4 is 0 Å². The molecule has 0 radical (unpaired) electrons. The van der Waals surface area contributed by atoms with Crippen LogP contribution in [0.5, 0.6) is 0 Å². The number of hydrogen-bond donors (Lipinski definition) is 0. The van der Waals surface area contributed by atoms with Gasteiger partial charge in [-0.2, -0.15) is 13.2 Å². The summed E-state index contributed by atoms with van der Waals surface area (Å²) >= 11 is 0. The first-order chi connectivity index (χ1) is 10.8. The van der Waals surface area contributed by atoms with Crippen molar-refractivity contribution in [3.63, 3.8) is 0 Å². The van der Waals surface area contributed by atoms with Crippen molar-refractivity contribution < 1.29 is 22.7 Å². The van der Waals surface area contributed by atoms with E-state index in [1.165, 1.54) is 18.3 Å². The van der Waals surface area contributed by atoms with Gasteiger partial charge in [-0.05, 0) is 37.3 Å². The molecule has 2 fully saturated rings. The number of pyridine rings is 1. The number of halogens is 3. The molecule has 0 unspecified atom stereocenters. The van der Waals surface area contributed by atoms with E-state index in [-0.39, 0.29) is 17.4 Å². The van der Waals surface area contributed by atoms with Crippen LogP contribution in [-0.2, 0) is 15.7 Å². The number of amides is 1. The number of rotatable bonds is 2. The van der Waals surface area contributed by atoms with Crippen molar-refractivity contribution in [3.05, 3.63) is 29.6 Å². The van der Waals surface area contributed by atoms with Gasteiger partial charge in [0.05, 0.1) is 18.6 Å². The number of nitrogens with zero attached hydrogens (tertiary/aromatic N) is 2. The van der Waals surface area contributed by atoms with Gasteiger partial charge in [-0.1, -0.05) is 6.07 Å². The molecule has 1 aromatic heterocycles. The summed E-state index contributed by atoms with van der Waals surface area (Å²) < 4.78 is 44.3. The van der Waals surface area contributed by atoms with Gasteiger partial charge < -0.3 is 9.64 Å². The summed E-state index contributed by atoms with van der Waals surface area (Å²) in [4.78, 5) is 17.7. The number of piperidine rings is 1. The van der Waals surface area contributed by atoms with Crippen molar-refractivity contribution in [1.82, 2.24) is 9.88 Å². The van der Waals surface area contributed by atoms with E-state index in [0.29, 0.717) is 39.1 Å². The van der Waals surface area contributed by atoms with Crippen LogP contribution in [0.15, 0.2) is 18.3 Å². The molecule has 0 spiro atoms. The quantitative estimate of drug-likeness (QED) is 0.838. The second-order valence-electron chi connectivity index (χ2n) is 6.56. The zero-order chi connectivity index (χ0) is 16.7. The topological polar surface area (TPSA) is 42.4 Å². The molecule has 1 amide bonds. The molecular formula is C16H19F3N2O2. The highest BCUT2D eigenvalue weighted by Gasteiger charge is 2.44. The normalized spacial score (nSPS) is 21.8. The summed E-state index contributed by atoms with van der Waals surface area (Å²) in [7, 11) is 0. The van der Waals surface area contributed by atoms with Gasteiger partial charge >= 0.3 is 6.18 Å². The molecule has 0 saturated carbocycles. The summed E-state index contributed by atoms with van der Waals surface area (Å²) in [6.45, 7) is 3.67. The van der Waals surface area contributed by atoms with Gasteiger partial charge in [0.15, 0.2) is 0 Å². The predicted molar refractivity (Wildman–Crippen MR) is 76.7 cm³/mol. The molecule has 0 atom stereocenters. The lowest BCUT2D eigenvalue weighted by Gasteiger charge is -2.42. The Morgan fingerprint density at radius 1 is 1.35 bits per heavy atom. The van der Waals surface area contributed by atoms with E-state index in [0.717, 1.165) is 0 Å². The van der Waals surface area contributed by atoms with Gasteiger partial charge in [0, 0.05) is 19.3 Å². The van der Waals surface area contributed by atoms with Gasteiger partial charge in [-0.3, -0.25) is 9.78 Å². The maximum absolute atomic E-state index is 13.1. The minimum Gasteiger partial charge on any atom is -0.379 e. The molecule has 0 aliphatic carbocycles. The summed E-state index contributed by atoms with van der Waals surface area (Å²) in [6.07, 6.45) is -2.22. The molecule has 3 heterocycles. The minimum absolute atomic E-state index is 0.0458. The third kappa shape index (κ3) is 3.06. The summed E-state index contributed by atoms with van der Waals surface area (Å²) in [5.74, 6) is -0.167. The van der Waals surface area contributed by atoms with Gasteiger partial charge in [0.2, 0.25) is 5.91 Å². The molecule has 0 N–H and O–H groups in total. The molecule has 7 heteroatoms. The standard InChI is InChI=1S/C16H19F3N2O2/c1-15(9-23-10-15)14(22)21-7-4-11(5-8-21)12-3-2-6-20-13(12)16(17,18)19/h2-3,6,11H,4-5,7-10H2,1H3. The molecule has 126 valence electrons. The maximum atomic E-state index is 13.1. The van der Waals surface area contributed by atoms with E-state index in [2.05, 4.69) is 4.98 Å². The van der Waals surface area contributed by atoms with Crippen LogP contribution in [-0.4, -0.2) is 42.1 Å². The zero-order valence-corrected chi connectivity index (χ0v) is 12.9. The summed E-state index contributed by atoms with van der Waals surface area (Å²) in [5, 5.41) is 0. The fourth-order valence-electron chi connectivity index (χ4n) is 3.29. The lowest BCUT2D eigenvalue weighted by molar-refractivity contribution is -0.169. The van der Waals surface area contributed by atoms with Crippen LogP contribution >= 0.6 is 0 Å². The van der Waals surface area contributed by atoms with Gasteiger partial charge in [-0.15, -0.1) is 0 Å². The van der Waals surface area contributed by atoms with E-state index >= 15 is 0 Å². The Morgan fingerprint density at radius 2 is 2.00 bits per heavy atom.